The number of likely N-dealkylation sites (N-methyl/N-ethyl adjacent to an activating group) is 1. The van der Waals surface area contributed by atoms with Crippen LogP contribution < -0.4 is 5.32 Å². The van der Waals surface area contributed by atoms with E-state index in [2.05, 4.69) is 5.32 Å². The smallest absolute Gasteiger partial charge is 0.243 e. The number of rotatable bonds is 11. The van der Waals surface area contributed by atoms with Crippen molar-refractivity contribution < 1.29 is 18.0 Å². The Bertz CT molecular complexity index is 1640. The Balaban J connectivity index is 1.44. The molecule has 7 nitrogen and oxygen atoms in total. The van der Waals surface area contributed by atoms with Crippen molar-refractivity contribution in [3.8, 4) is 0 Å². The number of hydrogen-bond donors (Lipinski definition) is 1. The van der Waals surface area contributed by atoms with Crippen LogP contribution in [0.2, 0.25) is 0 Å². The Morgan fingerprint density at radius 2 is 1.40 bits per heavy atom. The molecule has 2 amide bonds. The maximum atomic E-state index is 14.1. The summed E-state index contributed by atoms with van der Waals surface area (Å²) in [6.07, 6.45) is 5.46. The lowest BCUT2D eigenvalue weighted by Gasteiger charge is -2.34. The van der Waals surface area contributed by atoms with E-state index >= 15 is 0 Å². The molecule has 0 spiro atoms. The number of carbonyl (C=O) groups excluding carboxylic acids is 2. The molecule has 1 atom stereocenters. The molecule has 0 heterocycles. The highest BCUT2D eigenvalue weighted by Crippen LogP contribution is 2.23. The quantitative estimate of drug-likeness (QED) is 0.246. The normalized spacial score (nSPS) is 14.8. The molecule has 1 aliphatic rings. The summed E-state index contributed by atoms with van der Waals surface area (Å²) in [5.74, 6) is -0.643. The summed E-state index contributed by atoms with van der Waals surface area (Å²) < 4.78 is 28.3. The summed E-state index contributed by atoms with van der Waals surface area (Å²) in [7, 11) is -2.56. The van der Waals surface area contributed by atoms with E-state index < -0.39 is 28.5 Å². The first-order valence-electron chi connectivity index (χ1n) is 14.9. The molecular weight excluding hydrogens is 558 g/mol. The monoisotopic (exact) mass is 597 g/mol. The van der Waals surface area contributed by atoms with Gasteiger partial charge in [0.25, 0.3) is 0 Å². The van der Waals surface area contributed by atoms with Gasteiger partial charge in [-0.15, -0.1) is 0 Å². The third kappa shape index (κ3) is 7.69. The second-order valence-electron chi connectivity index (χ2n) is 11.3. The fraction of sp³-hybridized carbons (Fsp3) is 0.314. The van der Waals surface area contributed by atoms with E-state index in [0.29, 0.717) is 6.42 Å². The predicted octanol–water partition coefficient (Wildman–Crippen LogP) is 5.55. The summed E-state index contributed by atoms with van der Waals surface area (Å²) in [5, 5.41) is 4.96. The van der Waals surface area contributed by atoms with Crippen LogP contribution in [0.25, 0.3) is 10.8 Å². The molecule has 1 N–H and O–H groups in total. The number of benzene rings is 4. The molecule has 0 saturated heterocycles. The largest absolute Gasteiger partial charge is 0.352 e. The second-order valence-corrected chi connectivity index (χ2v) is 13.4. The summed E-state index contributed by atoms with van der Waals surface area (Å²) >= 11 is 0. The molecule has 4 aromatic rings. The van der Waals surface area contributed by atoms with Crippen molar-refractivity contribution in [3.63, 3.8) is 0 Å². The van der Waals surface area contributed by atoms with Crippen molar-refractivity contribution in [3.05, 3.63) is 114 Å². The second kappa shape index (κ2) is 14.0. The first kappa shape index (κ1) is 30.4. The molecule has 224 valence electrons. The number of sulfonamides is 1. The lowest BCUT2D eigenvalue weighted by Crippen LogP contribution is -2.54. The minimum absolute atomic E-state index is 0.0733. The van der Waals surface area contributed by atoms with Gasteiger partial charge >= 0.3 is 0 Å². The summed E-state index contributed by atoms with van der Waals surface area (Å²) in [6.45, 7) is -0.219. The van der Waals surface area contributed by atoms with Crippen LogP contribution in [0.15, 0.2) is 108 Å². The van der Waals surface area contributed by atoms with Crippen LogP contribution >= 0.6 is 0 Å². The Morgan fingerprint density at radius 3 is 2.07 bits per heavy atom. The number of nitrogens with one attached hydrogen (secondary N) is 1. The van der Waals surface area contributed by atoms with Crippen molar-refractivity contribution >= 4 is 32.6 Å². The van der Waals surface area contributed by atoms with E-state index in [1.54, 1.807) is 23.1 Å². The molecule has 43 heavy (non-hydrogen) atoms. The lowest BCUT2D eigenvalue weighted by atomic mass is 9.94. The van der Waals surface area contributed by atoms with E-state index in [-0.39, 0.29) is 23.4 Å². The summed E-state index contributed by atoms with van der Waals surface area (Å²) in [4.78, 5) is 29.7. The average molecular weight is 598 g/mol. The number of nitrogens with zero attached hydrogens (tertiary/aromatic N) is 2. The Kier molecular flexibility index (Phi) is 9.89. The van der Waals surface area contributed by atoms with Crippen molar-refractivity contribution in [2.75, 3.05) is 13.6 Å². The standard InChI is InChI=1S/C35H39N3O4S/c1-37(43(41,42)32-22-21-29-17-11-12-18-30(29)24-32)26-34(39)38(25-28-15-7-3-8-16-28)33(23-27-13-5-2-6-14-27)35(40)36-31-19-9-4-10-20-31/h2-3,5-8,11-18,21-22,24,31,33H,4,9-10,19-20,23,25-26H2,1H3,(H,36,40)/t33-/m0/s1. The van der Waals surface area contributed by atoms with Crippen LogP contribution in [0.1, 0.15) is 43.2 Å². The molecule has 0 bridgehead atoms. The van der Waals surface area contributed by atoms with Gasteiger partial charge in [0, 0.05) is 26.1 Å². The van der Waals surface area contributed by atoms with Gasteiger partial charge < -0.3 is 10.2 Å². The molecule has 0 unspecified atom stereocenters. The highest BCUT2D eigenvalue weighted by molar-refractivity contribution is 7.89. The zero-order chi connectivity index (χ0) is 30.2. The molecule has 0 radical (unpaired) electrons. The van der Waals surface area contributed by atoms with Gasteiger partial charge in [0.2, 0.25) is 21.8 Å². The topological polar surface area (TPSA) is 86.8 Å². The number of amides is 2. The Labute approximate surface area is 254 Å². The minimum Gasteiger partial charge on any atom is -0.352 e. The van der Waals surface area contributed by atoms with Crippen LogP contribution in [0.4, 0.5) is 0 Å². The zero-order valence-electron chi connectivity index (χ0n) is 24.6. The van der Waals surface area contributed by atoms with Gasteiger partial charge in [-0.3, -0.25) is 9.59 Å². The lowest BCUT2D eigenvalue weighted by molar-refractivity contribution is -0.141. The third-order valence-corrected chi connectivity index (χ3v) is 10.0. The van der Waals surface area contributed by atoms with Gasteiger partial charge in [-0.25, -0.2) is 8.42 Å². The molecule has 1 fully saturated rings. The molecular formula is C35H39N3O4S. The van der Waals surface area contributed by atoms with E-state index in [1.807, 2.05) is 84.9 Å². The third-order valence-electron chi connectivity index (χ3n) is 8.21. The van der Waals surface area contributed by atoms with Crippen molar-refractivity contribution in [1.29, 1.82) is 0 Å². The Hall–Kier alpha value is -4.01. The van der Waals surface area contributed by atoms with Crippen molar-refractivity contribution in [2.24, 2.45) is 0 Å². The zero-order valence-corrected chi connectivity index (χ0v) is 25.4. The van der Waals surface area contributed by atoms with Gasteiger partial charge in [0.1, 0.15) is 6.04 Å². The number of fused-ring (bicyclic) bond motifs is 1. The van der Waals surface area contributed by atoms with Gasteiger partial charge in [0.15, 0.2) is 0 Å². The van der Waals surface area contributed by atoms with E-state index in [1.165, 1.54) is 7.05 Å². The van der Waals surface area contributed by atoms with Gasteiger partial charge in [-0.05, 0) is 46.9 Å². The molecule has 5 rings (SSSR count). The maximum absolute atomic E-state index is 14.1. The molecule has 1 aliphatic carbocycles. The van der Waals surface area contributed by atoms with Crippen molar-refractivity contribution in [2.45, 2.75) is 62.0 Å². The minimum atomic E-state index is -3.97. The molecule has 0 aromatic heterocycles. The Morgan fingerprint density at radius 1 is 0.791 bits per heavy atom. The van der Waals surface area contributed by atoms with Gasteiger partial charge in [-0.2, -0.15) is 4.31 Å². The fourth-order valence-corrected chi connectivity index (χ4v) is 6.91. The van der Waals surface area contributed by atoms with E-state index in [0.717, 1.165) is 58.3 Å². The average Bonchev–Trinajstić information content (AvgIpc) is 3.03. The van der Waals surface area contributed by atoms with E-state index in [9.17, 15) is 18.0 Å². The van der Waals surface area contributed by atoms with E-state index in [4.69, 9.17) is 0 Å². The molecule has 8 heteroatoms. The van der Waals surface area contributed by atoms with Gasteiger partial charge in [0.05, 0.1) is 11.4 Å². The molecule has 0 aliphatic heterocycles. The summed E-state index contributed by atoms with van der Waals surface area (Å²) in [5.41, 5.74) is 1.79. The summed E-state index contributed by atoms with van der Waals surface area (Å²) in [6, 6.07) is 30.9. The predicted molar refractivity (Wildman–Crippen MR) is 170 cm³/mol. The van der Waals surface area contributed by atoms with Crippen LogP contribution in [-0.2, 0) is 32.6 Å². The van der Waals surface area contributed by atoms with Crippen molar-refractivity contribution in [1.82, 2.24) is 14.5 Å². The highest BCUT2D eigenvalue weighted by Gasteiger charge is 2.34. The SMILES string of the molecule is CN(CC(=O)N(Cc1ccccc1)[C@@H](Cc1ccccc1)C(=O)NC1CCCCC1)S(=O)(=O)c1ccc2ccccc2c1. The first-order chi connectivity index (χ1) is 20.8. The van der Waals surface area contributed by atoms with Crippen LogP contribution in [-0.4, -0.2) is 55.1 Å². The van der Waals surface area contributed by atoms with Crippen LogP contribution in [0.3, 0.4) is 0 Å². The molecule has 4 aromatic carbocycles. The highest BCUT2D eigenvalue weighted by atomic mass is 32.2. The number of carbonyl (C=O) groups is 2. The fourth-order valence-electron chi connectivity index (χ4n) is 5.75. The van der Waals surface area contributed by atoms with Crippen LogP contribution in [0.5, 0.6) is 0 Å². The number of hydrogen-bond acceptors (Lipinski definition) is 4. The van der Waals surface area contributed by atoms with Gasteiger partial charge in [-0.1, -0.05) is 110 Å². The first-order valence-corrected chi connectivity index (χ1v) is 16.4. The molecule has 1 saturated carbocycles. The van der Waals surface area contributed by atoms with Crippen LogP contribution in [0, 0.1) is 0 Å². The maximum Gasteiger partial charge on any atom is 0.243 e.